The van der Waals surface area contributed by atoms with Gasteiger partial charge in [-0.25, -0.2) is 5.43 Å². The van der Waals surface area contributed by atoms with Gasteiger partial charge < -0.3 is 9.47 Å². The molecule has 2 N–H and O–H groups in total. The summed E-state index contributed by atoms with van der Waals surface area (Å²) in [7, 11) is 3.14. The highest BCUT2D eigenvalue weighted by Crippen LogP contribution is 2.27. The fraction of sp³-hybridized carbons (Fsp3) is 0.286. The molecule has 0 saturated carbocycles. The number of aromatic amines is 1. The van der Waals surface area contributed by atoms with Gasteiger partial charge in [-0.3, -0.25) is 9.78 Å². The van der Waals surface area contributed by atoms with E-state index in [0.717, 1.165) is 5.56 Å². The van der Waals surface area contributed by atoms with Gasteiger partial charge in [0.1, 0.15) is 5.69 Å². The summed E-state index contributed by atoms with van der Waals surface area (Å²) in [5.74, 6) is 1.43. The summed E-state index contributed by atoms with van der Waals surface area (Å²) in [6.45, 7) is 3.39. The van der Waals surface area contributed by atoms with Crippen LogP contribution in [0.5, 0.6) is 11.5 Å². The van der Waals surface area contributed by atoms with E-state index in [0.29, 0.717) is 22.9 Å². The van der Waals surface area contributed by atoms with Crippen molar-refractivity contribution < 1.29 is 9.47 Å². The summed E-state index contributed by atoms with van der Waals surface area (Å²) >= 11 is 0. The average Bonchev–Trinajstić information content (AvgIpc) is 2.54. The molecule has 22 heavy (non-hydrogen) atoms. The summed E-state index contributed by atoms with van der Waals surface area (Å²) < 4.78 is 10.4. The molecule has 0 saturated heterocycles. The maximum absolute atomic E-state index is 11.4. The van der Waals surface area contributed by atoms with Gasteiger partial charge in [0.15, 0.2) is 11.5 Å². The van der Waals surface area contributed by atoms with E-state index in [1.807, 2.05) is 19.1 Å². The molecule has 1 aromatic heterocycles. The zero-order valence-electron chi connectivity index (χ0n) is 12.8. The SMILES string of the molecule is COc1ccc(/C(C)=N\Nc2nnc(C)c(=O)[nH]2)cc1OC. The van der Waals surface area contributed by atoms with Gasteiger partial charge in [-0.05, 0) is 32.0 Å². The number of benzene rings is 1. The Morgan fingerprint density at radius 2 is 1.95 bits per heavy atom. The number of anilines is 1. The number of rotatable bonds is 5. The van der Waals surface area contributed by atoms with Crippen LogP contribution in [0.3, 0.4) is 0 Å². The van der Waals surface area contributed by atoms with Crippen molar-refractivity contribution in [2.24, 2.45) is 5.10 Å². The van der Waals surface area contributed by atoms with E-state index in [9.17, 15) is 4.79 Å². The van der Waals surface area contributed by atoms with Crippen molar-refractivity contribution in [2.75, 3.05) is 19.6 Å². The Balaban J connectivity index is 2.21. The summed E-state index contributed by atoms with van der Waals surface area (Å²) in [4.78, 5) is 14.0. The Morgan fingerprint density at radius 3 is 2.59 bits per heavy atom. The highest BCUT2D eigenvalue weighted by atomic mass is 16.5. The van der Waals surface area contributed by atoms with Gasteiger partial charge in [-0.1, -0.05) is 0 Å². The van der Waals surface area contributed by atoms with Crippen LogP contribution < -0.4 is 20.5 Å². The number of hydrogen-bond acceptors (Lipinski definition) is 7. The lowest BCUT2D eigenvalue weighted by Gasteiger charge is -2.09. The molecule has 0 atom stereocenters. The normalized spacial score (nSPS) is 11.2. The van der Waals surface area contributed by atoms with Crippen molar-refractivity contribution in [3.05, 3.63) is 39.8 Å². The maximum Gasteiger partial charge on any atom is 0.274 e. The minimum atomic E-state index is -0.309. The molecule has 0 aliphatic heterocycles. The Labute approximate surface area is 127 Å². The Kier molecular flexibility index (Phi) is 4.72. The number of H-pyrrole nitrogens is 1. The predicted octanol–water partition coefficient (Wildman–Crippen LogP) is 1.33. The molecule has 0 fully saturated rings. The first-order valence-corrected chi connectivity index (χ1v) is 6.51. The second-order valence-electron chi connectivity index (χ2n) is 4.47. The first-order chi connectivity index (χ1) is 10.5. The number of methoxy groups -OCH3 is 2. The lowest BCUT2D eigenvalue weighted by molar-refractivity contribution is 0.355. The van der Waals surface area contributed by atoms with Gasteiger partial charge in [-0.2, -0.15) is 5.10 Å². The van der Waals surface area contributed by atoms with Crippen molar-refractivity contribution >= 4 is 11.7 Å². The fourth-order valence-electron chi connectivity index (χ4n) is 1.71. The average molecular weight is 303 g/mol. The molecular formula is C14H17N5O3. The van der Waals surface area contributed by atoms with E-state index in [1.165, 1.54) is 0 Å². The van der Waals surface area contributed by atoms with Crippen LogP contribution in [0.4, 0.5) is 5.95 Å². The number of nitrogens with one attached hydrogen (secondary N) is 2. The van der Waals surface area contributed by atoms with Crippen molar-refractivity contribution in [3.63, 3.8) is 0 Å². The van der Waals surface area contributed by atoms with Gasteiger partial charge in [0.2, 0.25) is 5.95 Å². The van der Waals surface area contributed by atoms with Crippen LogP contribution >= 0.6 is 0 Å². The summed E-state index contributed by atoms with van der Waals surface area (Å²) in [6, 6.07) is 5.45. The van der Waals surface area contributed by atoms with E-state index >= 15 is 0 Å². The van der Waals surface area contributed by atoms with Gasteiger partial charge >= 0.3 is 0 Å². The molecular weight excluding hydrogens is 286 g/mol. The van der Waals surface area contributed by atoms with Crippen LogP contribution in [0.25, 0.3) is 0 Å². The predicted molar refractivity (Wildman–Crippen MR) is 82.8 cm³/mol. The van der Waals surface area contributed by atoms with Crippen LogP contribution in [0.15, 0.2) is 28.1 Å². The third-order valence-electron chi connectivity index (χ3n) is 2.99. The van der Waals surface area contributed by atoms with Crippen LogP contribution in [0.1, 0.15) is 18.2 Å². The molecule has 0 bridgehead atoms. The number of ether oxygens (including phenoxy) is 2. The van der Waals surface area contributed by atoms with Crippen LogP contribution in [-0.4, -0.2) is 35.1 Å². The first-order valence-electron chi connectivity index (χ1n) is 6.51. The second kappa shape index (κ2) is 6.70. The number of aryl methyl sites for hydroxylation is 1. The third-order valence-corrected chi connectivity index (χ3v) is 2.99. The molecule has 0 amide bonds. The number of aromatic nitrogens is 3. The van der Waals surface area contributed by atoms with Crippen molar-refractivity contribution in [1.82, 2.24) is 15.2 Å². The lowest BCUT2D eigenvalue weighted by atomic mass is 10.1. The van der Waals surface area contributed by atoms with E-state index in [-0.39, 0.29) is 11.5 Å². The number of hydrazone groups is 1. The Bertz CT molecular complexity index is 754. The molecule has 1 heterocycles. The van der Waals surface area contributed by atoms with E-state index < -0.39 is 0 Å². The summed E-state index contributed by atoms with van der Waals surface area (Å²) in [6.07, 6.45) is 0. The summed E-state index contributed by atoms with van der Waals surface area (Å²) in [5, 5.41) is 11.7. The smallest absolute Gasteiger partial charge is 0.274 e. The zero-order valence-corrected chi connectivity index (χ0v) is 12.8. The molecule has 0 aliphatic rings. The number of hydrogen-bond donors (Lipinski definition) is 2. The quantitative estimate of drug-likeness (QED) is 0.638. The molecule has 0 unspecified atom stereocenters. The van der Waals surface area contributed by atoms with Gasteiger partial charge in [0, 0.05) is 5.56 Å². The van der Waals surface area contributed by atoms with Gasteiger partial charge in [-0.15, -0.1) is 10.2 Å². The molecule has 8 heteroatoms. The lowest BCUT2D eigenvalue weighted by Crippen LogP contribution is -2.16. The van der Waals surface area contributed by atoms with Gasteiger partial charge in [0.25, 0.3) is 5.56 Å². The van der Waals surface area contributed by atoms with E-state index in [2.05, 4.69) is 25.7 Å². The zero-order chi connectivity index (χ0) is 16.1. The molecule has 0 aliphatic carbocycles. The maximum atomic E-state index is 11.4. The van der Waals surface area contributed by atoms with Gasteiger partial charge in [0.05, 0.1) is 19.9 Å². The first kappa shape index (κ1) is 15.5. The highest BCUT2D eigenvalue weighted by molar-refractivity contribution is 5.99. The Morgan fingerprint density at radius 1 is 1.23 bits per heavy atom. The molecule has 116 valence electrons. The minimum Gasteiger partial charge on any atom is -0.493 e. The topological polar surface area (TPSA) is 101 Å². The van der Waals surface area contributed by atoms with Crippen LogP contribution in [0.2, 0.25) is 0 Å². The largest absolute Gasteiger partial charge is 0.493 e. The van der Waals surface area contributed by atoms with E-state index in [4.69, 9.17) is 9.47 Å². The second-order valence-corrected chi connectivity index (χ2v) is 4.47. The molecule has 0 radical (unpaired) electrons. The molecule has 8 nitrogen and oxygen atoms in total. The Hall–Kier alpha value is -2.90. The van der Waals surface area contributed by atoms with Crippen LogP contribution in [0, 0.1) is 6.92 Å². The standard InChI is InChI=1S/C14H17N5O3/c1-8(10-5-6-11(21-3)12(7-10)22-4)16-18-14-15-13(20)9(2)17-19-14/h5-7H,1-4H3,(H2,15,18,19,20)/b16-8-. The highest BCUT2D eigenvalue weighted by Gasteiger charge is 2.06. The third kappa shape index (κ3) is 3.40. The minimum absolute atomic E-state index is 0.176. The molecule has 1 aromatic carbocycles. The van der Waals surface area contributed by atoms with Crippen molar-refractivity contribution in [2.45, 2.75) is 13.8 Å². The van der Waals surface area contributed by atoms with Crippen molar-refractivity contribution in [1.29, 1.82) is 0 Å². The molecule has 0 spiro atoms. The molecule has 2 rings (SSSR count). The number of nitrogens with zero attached hydrogens (tertiary/aromatic N) is 3. The summed E-state index contributed by atoms with van der Waals surface area (Å²) in [5.41, 5.74) is 4.18. The monoisotopic (exact) mass is 303 g/mol. The van der Waals surface area contributed by atoms with E-state index in [1.54, 1.807) is 27.2 Å². The molecule has 2 aromatic rings. The van der Waals surface area contributed by atoms with Crippen molar-refractivity contribution in [3.8, 4) is 11.5 Å². The fourth-order valence-corrected chi connectivity index (χ4v) is 1.71. The van der Waals surface area contributed by atoms with Crippen LogP contribution in [-0.2, 0) is 0 Å².